The molecule has 3 unspecified atom stereocenters. The number of carboxylic acids is 1. The smallest absolute Gasteiger partial charge is 0.326 e. The van der Waals surface area contributed by atoms with E-state index in [9.17, 15) is 19.5 Å². The molecule has 2 amide bonds. The normalized spacial score (nSPS) is 19.0. The van der Waals surface area contributed by atoms with Gasteiger partial charge in [-0.15, -0.1) is 0 Å². The van der Waals surface area contributed by atoms with Crippen LogP contribution in [-0.4, -0.2) is 41.6 Å². The lowest BCUT2D eigenvalue weighted by molar-refractivity contribution is -0.140. The SMILES string of the molecule is CCC(C)C(NC(=O)c1cccc(NC(=O)C2CCCO2)c1)C(=O)O. The Morgan fingerprint density at radius 2 is 2.12 bits per heavy atom. The molecule has 0 saturated carbocycles. The van der Waals surface area contributed by atoms with E-state index in [-0.39, 0.29) is 11.8 Å². The number of carbonyl (C=O) groups excluding carboxylic acids is 2. The fourth-order valence-corrected chi connectivity index (χ4v) is 2.65. The number of benzene rings is 1. The van der Waals surface area contributed by atoms with Crippen molar-refractivity contribution < 1.29 is 24.2 Å². The van der Waals surface area contributed by atoms with Crippen LogP contribution in [0, 0.1) is 5.92 Å². The Morgan fingerprint density at radius 3 is 2.72 bits per heavy atom. The Kier molecular flexibility index (Phi) is 6.52. The predicted molar refractivity (Wildman–Crippen MR) is 92.4 cm³/mol. The number of carbonyl (C=O) groups is 3. The number of aliphatic carboxylic acids is 1. The van der Waals surface area contributed by atoms with Crippen molar-refractivity contribution in [1.82, 2.24) is 5.32 Å². The van der Waals surface area contributed by atoms with E-state index >= 15 is 0 Å². The van der Waals surface area contributed by atoms with Crippen molar-refractivity contribution in [2.75, 3.05) is 11.9 Å². The molecule has 25 heavy (non-hydrogen) atoms. The molecular formula is C18H24N2O5. The second-order valence-corrected chi connectivity index (χ2v) is 6.25. The van der Waals surface area contributed by atoms with Gasteiger partial charge in [0.25, 0.3) is 11.8 Å². The first-order chi connectivity index (χ1) is 11.9. The van der Waals surface area contributed by atoms with E-state index in [1.807, 2.05) is 6.92 Å². The number of ether oxygens (including phenoxy) is 1. The summed E-state index contributed by atoms with van der Waals surface area (Å²) in [6.45, 7) is 4.22. The van der Waals surface area contributed by atoms with Crippen molar-refractivity contribution >= 4 is 23.5 Å². The van der Waals surface area contributed by atoms with Crippen LogP contribution in [0.25, 0.3) is 0 Å². The largest absolute Gasteiger partial charge is 0.480 e. The molecule has 1 aliphatic rings. The lowest BCUT2D eigenvalue weighted by Crippen LogP contribution is -2.45. The Bertz CT molecular complexity index is 640. The molecule has 0 bridgehead atoms. The third-order valence-electron chi connectivity index (χ3n) is 4.38. The zero-order chi connectivity index (χ0) is 18.4. The summed E-state index contributed by atoms with van der Waals surface area (Å²) in [5, 5.41) is 14.6. The average molecular weight is 348 g/mol. The fourth-order valence-electron chi connectivity index (χ4n) is 2.65. The summed E-state index contributed by atoms with van der Waals surface area (Å²) in [4.78, 5) is 35.8. The molecule has 0 aromatic heterocycles. The third kappa shape index (κ3) is 5.03. The number of anilines is 1. The van der Waals surface area contributed by atoms with E-state index < -0.39 is 24.0 Å². The summed E-state index contributed by atoms with van der Waals surface area (Å²) in [5.74, 6) is -1.98. The van der Waals surface area contributed by atoms with Crippen LogP contribution in [0.15, 0.2) is 24.3 Å². The Morgan fingerprint density at radius 1 is 1.36 bits per heavy atom. The van der Waals surface area contributed by atoms with Crippen molar-refractivity contribution in [2.45, 2.75) is 45.3 Å². The first-order valence-corrected chi connectivity index (χ1v) is 8.48. The van der Waals surface area contributed by atoms with E-state index in [4.69, 9.17) is 4.74 Å². The number of amides is 2. The monoisotopic (exact) mass is 348 g/mol. The van der Waals surface area contributed by atoms with Gasteiger partial charge in [-0.05, 0) is 37.0 Å². The molecule has 1 heterocycles. The molecule has 1 aromatic rings. The summed E-state index contributed by atoms with van der Waals surface area (Å²) in [5.41, 5.74) is 0.767. The highest BCUT2D eigenvalue weighted by Gasteiger charge is 2.26. The standard InChI is InChI=1S/C18H24N2O5/c1-3-11(2)15(18(23)24)20-16(21)12-6-4-7-13(10-12)19-17(22)14-8-5-9-25-14/h4,6-7,10-11,14-15H,3,5,8-9H2,1-2H3,(H,19,22)(H,20,21)(H,23,24). The Hall–Kier alpha value is -2.41. The van der Waals surface area contributed by atoms with Crippen LogP contribution >= 0.6 is 0 Å². The minimum atomic E-state index is -1.06. The molecule has 0 spiro atoms. The molecule has 7 heteroatoms. The van der Waals surface area contributed by atoms with Gasteiger partial charge < -0.3 is 20.5 Å². The van der Waals surface area contributed by atoms with Crippen molar-refractivity contribution in [1.29, 1.82) is 0 Å². The maximum Gasteiger partial charge on any atom is 0.326 e. The molecular weight excluding hydrogens is 324 g/mol. The number of hydrogen-bond acceptors (Lipinski definition) is 4. The first-order valence-electron chi connectivity index (χ1n) is 8.48. The molecule has 7 nitrogen and oxygen atoms in total. The van der Waals surface area contributed by atoms with Crippen molar-refractivity contribution in [3.05, 3.63) is 29.8 Å². The second kappa shape index (κ2) is 8.62. The third-order valence-corrected chi connectivity index (χ3v) is 4.38. The fraction of sp³-hybridized carbons (Fsp3) is 0.500. The zero-order valence-corrected chi connectivity index (χ0v) is 14.5. The highest BCUT2D eigenvalue weighted by Crippen LogP contribution is 2.17. The zero-order valence-electron chi connectivity index (χ0n) is 14.5. The molecule has 1 fully saturated rings. The van der Waals surface area contributed by atoms with Gasteiger partial charge in [-0.1, -0.05) is 26.3 Å². The van der Waals surface area contributed by atoms with E-state index in [1.165, 1.54) is 6.07 Å². The minimum absolute atomic E-state index is 0.191. The maximum atomic E-state index is 12.4. The van der Waals surface area contributed by atoms with Crippen LogP contribution in [0.3, 0.4) is 0 Å². The van der Waals surface area contributed by atoms with Gasteiger partial charge in [0, 0.05) is 17.9 Å². The molecule has 0 radical (unpaired) electrons. The molecule has 1 saturated heterocycles. The van der Waals surface area contributed by atoms with Gasteiger partial charge in [0.05, 0.1) is 0 Å². The van der Waals surface area contributed by atoms with Crippen molar-refractivity contribution in [3.8, 4) is 0 Å². The summed E-state index contributed by atoms with van der Waals surface area (Å²) >= 11 is 0. The van der Waals surface area contributed by atoms with Gasteiger partial charge in [0.2, 0.25) is 0 Å². The van der Waals surface area contributed by atoms with Crippen LogP contribution in [0.2, 0.25) is 0 Å². The van der Waals surface area contributed by atoms with Crippen LogP contribution in [0.4, 0.5) is 5.69 Å². The molecule has 2 rings (SSSR count). The van der Waals surface area contributed by atoms with E-state index in [0.29, 0.717) is 30.7 Å². The van der Waals surface area contributed by atoms with Gasteiger partial charge in [-0.2, -0.15) is 0 Å². The minimum Gasteiger partial charge on any atom is -0.480 e. The maximum absolute atomic E-state index is 12.4. The van der Waals surface area contributed by atoms with Gasteiger partial charge in [-0.25, -0.2) is 4.79 Å². The quantitative estimate of drug-likeness (QED) is 0.699. The first kappa shape index (κ1) is 18.9. The van der Waals surface area contributed by atoms with Gasteiger partial charge >= 0.3 is 5.97 Å². The number of hydrogen-bond donors (Lipinski definition) is 3. The summed E-state index contributed by atoms with van der Waals surface area (Å²) < 4.78 is 5.33. The molecule has 1 aromatic carbocycles. The van der Waals surface area contributed by atoms with Crippen LogP contribution < -0.4 is 10.6 Å². The van der Waals surface area contributed by atoms with Crippen LogP contribution in [0.1, 0.15) is 43.5 Å². The Balaban J connectivity index is 2.05. The average Bonchev–Trinajstić information content (AvgIpc) is 3.13. The molecule has 136 valence electrons. The summed E-state index contributed by atoms with van der Waals surface area (Å²) in [7, 11) is 0. The number of rotatable bonds is 7. The highest BCUT2D eigenvalue weighted by molar-refractivity contribution is 5.99. The van der Waals surface area contributed by atoms with Crippen molar-refractivity contribution in [3.63, 3.8) is 0 Å². The lowest BCUT2D eigenvalue weighted by Gasteiger charge is -2.20. The number of nitrogens with one attached hydrogen (secondary N) is 2. The van der Waals surface area contributed by atoms with Gasteiger partial charge in [-0.3, -0.25) is 9.59 Å². The van der Waals surface area contributed by atoms with E-state index in [2.05, 4.69) is 10.6 Å². The molecule has 0 aliphatic carbocycles. The van der Waals surface area contributed by atoms with Gasteiger partial charge in [0.15, 0.2) is 0 Å². The van der Waals surface area contributed by atoms with Crippen LogP contribution in [-0.2, 0) is 14.3 Å². The second-order valence-electron chi connectivity index (χ2n) is 6.25. The van der Waals surface area contributed by atoms with Crippen molar-refractivity contribution in [2.24, 2.45) is 5.92 Å². The molecule has 3 atom stereocenters. The molecule has 3 N–H and O–H groups in total. The highest BCUT2D eigenvalue weighted by atomic mass is 16.5. The Labute approximate surface area is 146 Å². The predicted octanol–water partition coefficient (Wildman–Crippen LogP) is 2.03. The van der Waals surface area contributed by atoms with E-state index in [0.717, 1.165) is 6.42 Å². The topological polar surface area (TPSA) is 105 Å². The summed E-state index contributed by atoms with van der Waals surface area (Å²) in [6, 6.07) is 5.46. The van der Waals surface area contributed by atoms with E-state index in [1.54, 1.807) is 25.1 Å². The lowest BCUT2D eigenvalue weighted by atomic mass is 9.99. The van der Waals surface area contributed by atoms with Gasteiger partial charge in [0.1, 0.15) is 12.1 Å². The summed E-state index contributed by atoms with van der Waals surface area (Å²) in [6.07, 6.45) is 1.71. The van der Waals surface area contributed by atoms with Crippen LogP contribution in [0.5, 0.6) is 0 Å². The molecule has 1 aliphatic heterocycles. The number of carboxylic acid groups (broad SMARTS) is 1.